The van der Waals surface area contributed by atoms with Gasteiger partial charge in [0.25, 0.3) is 0 Å². The molecule has 1 aliphatic carbocycles. The number of hydrogen-bond donors (Lipinski definition) is 2. The van der Waals surface area contributed by atoms with Gasteiger partial charge in [-0.15, -0.1) is 0 Å². The van der Waals surface area contributed by atoms with Crippen LogP contribution >= 0.6 is 0 Å². The summed E-state index contributed by atoms with van der Waals surface area (Å²) in [7, 11) is 0. The number of benzene rings is 1. The molecule has 4 heteroatoms. The second-order valence-corrected chi connectivity index (χ2v) is 5.92. The summed E-state index contributed by atoms with van der Waals surface area (Å²) in [5.74, 6) is -1.92. The zero-order chi connectivity index (χ0) is 15.4. The second-order valence-electron chi connectivity index (χ2n) is 5.92. The SMILES string of the molecule is Cc1ccccc1[C@H](C)NC(=O)C1CCCCC1C(=O)O. The number of carbonyl (C=O) groups excluding carboxylic acids is 1. The van der Waals surface area contributed by atoms with Crippen molar-refractivity contribution >= 4 is 11.9 Å². The third-order valence-corrected chi connectivity index (χ3v) is 4.43. The lowest BCUT2D eigenvalue weighted by Gasteiger charge is -2.29. The molecule has 1 amide bonds. The molecule has 0 heterocycles. The van der Waals surface area contributed by atoms with Gasteiger partial charge in [0.05, 0.1) is 17.9 Å². The highest BCUT2D eigenvalue weighted by Crippen LogP contribution is 2.31. The zero-order valence-electron chi connectivity index (χ0n) is 12.6. The monoisotopic (exact) mass is 289 g/mol. The summed E-state index contributed by atoms with van der Waals surface area (Å²) in [6.45, 7) is 3.96. The highest BCUT2D eigenvalue weighted by Gasteiger charge is 2.36. The summed E-state index contributed by atoms with van der Waals surface area (Å²) in [6.07, 6.45) is 3.10. The molecular weight excluding hydrogens is 266 g/mol. The van der Waals surface area contributed by atoms with Crippen LogP contribution in [0.3, 0.4) is 0 Å². The van der Waals surface area contributed by atoms with Gasteiger partial charge >= 0.3 is 5.97 Å². The summed E-state index contributed by atoms with van der Waals surface area (Å²) in [4.78, 5) is 23.7. The Balaban J connectivity index is 2.06. The largest absolute Gasteiger partial charge is 0.481 e. The molecule has 114 valence electrons. The number of carboxylic acid groups (broad SMARTS) is 1. The molecular formula is C17H23NO3. The molecule has 3 atom stereocenters. The van der Waals surface area contributed by atoms with Crippen molar-refractivity contribution in [2.45, 2.75) is 45.6 Å². The predicted octanol–water partition coefficient (Wildman–Crippen LogP) is 3.06. The standard InChI is InChI=1S/C17H23NO3/c1-11-7-3-4-8-13(11)12(2)18-16(19)14-9-5-6-10-15(14)17(20)21/h3-4,7-8,12,14-15H,5-6,9-10H2,1-2H3,(H,18,19)(H,20,21)/t12-,14?,15?/m0/s1. The predicted molar refractivity (Wildman–Crippen MR) is 80.8 cm³/mol. The van der Waals surface area contributed by atoms with Crippen molar-refractivity contribution < 1.29 is 14.7 Å². The van der Waals surface area contributed by atoms with E-state index in [-0.39, 0.29) is 11.9 Å². The number of carbonyl (C=O) groups is 2. The Morgan fingerprint density at radius 2 is 1.81 bits per heavy atom. The summed E-state index contributed by atoms with van der Waals surface area (Å²) < 4.78 is 0. The van der Waals surface area contributed by atoms with Crippen molar-refractivity contribution in [3.8, 4) is 0 Å². The first-order valence-electron chi connectivity index (χ1n) is 7.59. The normalized spacial score (nSPS) is 23.3. The summed E-state index contributed by atoms with van der Waals surface area (Å²) in [6, 6.07) is 7.82. The minimum Gasteiger partial charge on any atom is -0.481 e. The number of rotatable bonds is 4. The molecule has 2 unspecified atom stereocenters. The molecule has 4 nitrogen and oxygen atoms in total. The smallest absolute Gasteiger partial charge is 0.307 e. The Morgan fingerprint density at radius 3 is 2.43 bits per heavy atom. The number of aryl methyl sites for hydroxylation is 1. The Morgan fingerprint density at radius 1 is 1.19 bits per heavy atom. The van der Waals surface area contributed by atoms with Crippen molar-refractivity contribution in [1.82, 2.24) is 5.32 Å². The van der Waals surface area contributed by atoms with E-state index in [2.05, 4.69) is 5.32 Å². The number of nitrogens with one attached hydrogen (secondary N) is 1. The molecule has 0 aliphatic heterocycles. The van der Waals surface area contributed by atoms with Crippen LogP contribution in [0.1, 0.15) is 49.8 Å². The molecule has 1 saturated carbocycles. The minimum atomic E-state index is -0.849. The molecule has 0 bridgehead atoms. The van der Waals surface area contributed by atoms with Gasteiger partial charge in [-0.05, 0) is 37.8 Å². The van der Waals surface area contributed by atoms with Crippen LogP contribution < -0.4 is 5.32 Å². The van der Waals surface area contributed by atoms with Crippen LogP contribution in [-0.2, 0) is 9.59 Å². The molecule has 0 saturated heterocycles. The van der Waals surface area contributed by atoms with E-state index in [0.29, 0.717) is 12.8 Å². The Kier molecular flexibility index (Phi) is 4.99. The Hall–Kier alpha value is -1.84. The molecule has 1 aliphatic rings. The average molecular weight is 289 g/mol. The van der Waals surface area contributed by atoms with Gasteiger partial charge in [-0.3, -0.25) is 9.59 Å². The highest BCUT2D eigenvalue weighted by atomic mass is 16.4. The van der Waals surface area contributed by atoms with E-state index in [1.807, 2.05) is 38.1 Å². The van der Waals surface area contributed by atoms with E-state index in [1.54, 1.807) is 0 Å². The van der Waals surface area contributed by atoms with Gasteiger partial charge in [0.1, 0.15) is 0 Å². The van der Waals surface area contributed by atoms with Gasteiger partial charge in [-0.25, -0.2) is 0 Å². The van der Waals surface area contributed by atoms with E-state index < -0.39 is 17.8 Å². The maximum absolute atomic E-state index is 12.4. The summed E-state index contributed by atoms with van der Waals surface area (Å²) in [5, 5.41) is 12.3. The minimum absolute atomic E-state index is 0.102. The van der Waals surface area contributed by atoms with Crippen LogP contribution in [0.5, 0.6) is 0 Å². The van der Waals surface area contributed by atoms with E-state index in [0.717, 1.165) is 24.0 Å². The van der Waals surface area contributed by atoms with Gasteiger partial charge in [-0.2, -0.15) is 0 Å². The Bertz CT molecular complexity index is 527. The lowest BCUT2D eigenvalue weighted by Crippen LogP contribution is -2.40. The van der Waals surface area contributed by atoms with Gasteiger partial charge in [0.2, 0.25) is 5.91 Å². The van der Waals surface area contributed by atoms with Crippen LogP contribution in [0, 0.1) is 18.8 Å². The van der Waals surface area contributed by atoms with Crippen molar-refractivity contribution in [2.24, 2.45) is 11.8 Å². The first-order chi connectivity index (χ1) is 10.0. The lowest BCUT2D eigenvalue weighted by atomic mass is 9.78. The van der Waals surface area contributed by atoms with Crippen LogP contribution in [-0.4, -0.2) is 17.0 Å². The van der Waals surface area contributed by atoms with Gasteiger partial charge in [-0.1, -0.05) is 37.1 Å². The number of aliphatic carboxylic acids is 1. The summed E-state index contributed by atoms with van der Waals surface area (Å²) in [5.41, 5.74) is 2.21. The molecule has 21 heavy (non-hydrogen) atoms. The maximum atomic E-state index is 12.4. The molecule has 0 radical (unpaired) electrons. The molecule has 1 fully saturated rings. The first kappa shape index (κ1) is 15.5. The fourth-order valence-electron chi connectivity index (χ4n) is 3.21. The van der Waals surface area contributed by atoms with E-state index in [4.69, 9.17) is 0 Å². The number of hydrogen-bond acceptors (Lipinski definition) is 2. The van der Waals surface area contributed by atoms with Crippen molar-refractivity contribution in [2.75, 3.05) is 0 Å². The number of carboxylic acids is 1. The third kappa shape index (κ3) is 3.63. The molecule has 2 N–H and O–H groups in total. The molecule has 0 aromatic heterocycles. The maximum Gasteiger partial charge on any atom is 0.307 e. The third-order valence-electron chi connectivity index (χ3n) is 4.43. The average Bonchev–Trinajstić information content (AvgIpc) is 2.47. The fraction of sp³-hybridized carbons (Fsp3) is 0.529. The van der Waals surface area contributed by atoms with Crippen LogP contribution in [0.4, 0.5) is 0 Å². The van der Waals surface area contributed by atoms with Gasteiger partial charge in [0, 0.05) is 0 Å². The van der Waals surface area contributed by atoms with Crippen molar-refractivity contribution in [3.05, 3.63) is 35.4 Å². The summed E-state index contributed by atoms with van der Waals surface area (Å²) >= 11 is 0. The Labute approximate surface area is 125 Å². The molecule has 2 rings (SSSR count). The van der Waals surface area contributed by atoms with Crippen LogP contribution in [0.15, 0.2) is 24.3 Å². The molecule has 1 aromatic rings. The van der Waals surface area contributed by atoms with E-state index in [9.17, 15) is 14.7 Å². The van der Waals surface area contributed by atoms with E-state index >= 15 is 0 Å². The molecule has 0 spiro atoms. The lowest BCUT2D eigenvalue weighted by molar-refractivity contribution is -0.149. The quantitative estimate of drug-likeness (QED) is 0.895. The molecule has 1 aromatic carbocycles. The zero-order valence-corrected chi connectivity index (χ0v) is 12.6. The number of amides is 1. The van der Waals surface area contributed by atoms with Crippen molar-refractivity contribution in [1.29, 1.82) is 0 Å². The topological polar surface area (TPSA) is 66.4 Å². The van der Waals surface area contributed by atoms with Gasteiger partial charge in [0.15, 0.2) is 0 Å². The first-order valence-corrected chi connectivity index (χ1v) is 7.59. The highest BCUT2D eigenvalue weighted by molar-refractivity contribution is 5.85. The van der Waals surface area contributed by atoms with Gasteiger partial charge < -0.3 is 10.4 Å². The second kappa shape index (κ2) is 6.74. The fourth-order valence-corrected chi connectivity index (χ4v) is 3.21. The van der Waals surface area contributed by atoms with Crippen LogP contribution in [0.25, 0.3) is 0 Å². The van der Waals surface area contributed by atoms with E-state index in [1.165, 1.54) is 0 Å². The van der Waals surface area contributed by atoms with Crippen LogP contribution in [0.2, 0.25) is 0 Å². The van der Waals surface area contributed by atoms with Crippen molar-refractivity contribution in [3.63, 3.8) is 0 Å².